The van der Waals surface area contributed by atoms with Crippen LogP contribution >= 0.6 is 0 Å². The van der Waals surface area contributed by atoms with Gasteiger partial charge in [0.05, 0.1) is 0 Å². The maximum atomic E-state index is 11.1. The van der Waals surface area contributed by atoms with Crippen LogP contribution in [0.4, 0.5) is 0 Å². The van der Waals surface area contributed by atoms with E-state index in [0.717, 1.165) is 23.7 Å². The highest BCUT2D eigenvalue weighted by molar-refractivity contribution is 5.48. The molecule has 0 heterocycles. The van der Waals surface area contributed by atoms with Crippen LogP contribution in [0.25, 0.3) is 0 Å². The molecule has 0 radical (unpaired) electrons. The van der Waals surface area contributed by atoms with Gasteiger partial charge in [0.15, 0.2) is 0 Å². The Morgan fingerprint density at radius 1 is 0.773 bits per heavy atom. The summed E-state index contributed by atoms with van der Waals surface area (Å²) in [5.74, 6) is 5.59. The van der Waals surface area contributed by atoms with E-state index in [1.54, 1.807) is 0 Å². The van der Waals surface area contributed by atoms with Crippen LogP contribution in [0.1, 0.15) is 79.9 Å². The minimum atomic E-state index is 0.649. The SMILES string of the molecule is Cc1cc([C@@H]2C[C@@H]3CC[C@@H]2C3)c(O)c([C@@H]2C[C@@H]3CC[C@@H]2C3)c1. The number of phenols is 1. The third kappa shape index (κ3) is 1.90. The number of hydrogen-bond donors (Lipinski definition) is 1. The molecule has 5 rings (SSSR count). The van der Waals surface area contributed by atoms with E-state index in [9.17, 15) is 5.11 Å². The maximum absolute atomic E-state index is 11.1. The van der Waals surface area contributed by atoms with E-state index in [2.05, 4.69) is 19.1 Å². The molecular formula is C21H28O. The zero-order valence-electron chi connectivity index (χ0n) is 13.7. The molecule has 0 aromatic heterocycles. The second-order valence-electron chi connectivity index (χ2n) is 8.85. The van der Waals surface area contributed by atoms with Gasteiger partial charge < -0.3 is 5.11 Å². The molecule has 1 nitrogen and oxygen atoms in total. The molecule has 1 aromatic carbocycles. The third-order valence-electron chi connectivity index (χ3n) is 7.59. The number of rotatable bonds is 2. The molecule has 0 amide bonds. The molecule has 0 unspecified atom stereocenters. The second-order valence-corrected chi connectivity index (χ2v) is 8.85. The summed E-state index contributed by atoms with van der Waals surface area (Å²) >= 11 is 0. The molecule has 1 N–H and O–H groups in total. The lowest BCUT2D eigenvalue weighted by atomic mass is 9.77. The van der Waals surface area contributed by atoms with Crippen molar-refractivity contribution in [2.75, 3.05) is 0 Å². The molecule has 0 spiro atoms. The molecule has 4 aliphatic carbocycles. The van der Waals surface area contributed by atoms with E-state index in [-0.39, 0.29) is 0 Å². The molecule has 4 aliphatic rings. The van der Waals surface area contributed by atoms with E-state index in [1.807, 2.05) is 0 Å². The zero-order valence-corrected chi connectivity index (χ0v) is 13.7. The minimum absolute atomic E-state index is 0.649. The highest BCUT2D eigenvalue weighted by atomic mass is 16.3. The lowest BCUT2D eigenvalue weighted by Crippen LogP contribution is -2.13. The van der Waals surface area contributed by atoms with Crippen LogP contribution in [0.2, 0.25) is 0 Å². The van der Waals surface area contributed by atoms with E-state index < -0.39 is 0 Å². The van der Waals surface area contributed by atoms with Crippen molar-refractivity contribution >= 4 is 0 Å². The summed E-state index contributed by atoms with van der Waals surface area (Å²) in [5.41, 5.74) is 3.99. The number of fused-ring (bicyclic) bond motifs is 4. The van der Waals surface area contributed by atoms with Gasteiger partial charge in [-0.2, -0.15) is 0 Å². The molecule has 0 saturated heterocycles. The van der Waals surface area contributed by atoms with Crippen molar-refractivity contribution in [2.45, 2.75) is 70.1 Å². The Labute approximate surface area is 134 Å². The summed E-state index contributed by atoms with van der Waals surface area (Å²) in [4.78, 5) is 0. The minimum Gasteiger partial charge on any atom is -0.507 e. The summed E-state index contributed by atoms with van der Waals surface area (Å²) in [5, 5.41) is 11.1. The quantitative estimate of drug-likeness (QED) is 0.763. The number of phenolic OH excluding ortho intramolecular Hbond substituents is 1. The fourth-order valence-corrected chi connectivity index (χ4v) is 6.65. The summed E-state index contributed by atoms with van der Waals surface area (Å²) in [7, 11) is 0. The molecule has 22 heavy (non-hydrogen) atoms. The predicted molar refractivity (Wildman–Crippen MR) is 89.2 cm³/mol. The lowest BCUT2D eigenvalue weighted by molar-refractivity contribution is 0.376. The average Bonchev–Trinajstić information content (AvgIpc) is 3.29. The zero-order chi connectivity index (χ0) is 14.8. The monoisotopic (exact) mass is 296 g/mol. The van der Waals surface area contributed by atoms with Gasteiger partial charge in [0.2, 0.25) is 0 Å². The fourth-order valence-electron chi connectivity index (χ4n) is 6.65. The summed E-state index contributed by atoms with van der Waals surface area (Å²) in [6.07, 6.45) is 11.2. The molecule has 6 atom stereocenters. The van der Waals surface area contributed by atoms with E-state index in [4.69, 9.17) is 0 Å². The Morgan fingerprint density at radius 2 is 1.27 bits per heavy atom. The number of aryl methyl sites for hydroxylation is 1. The van der Waals surface area contributed by atoms with Gasteiger partial charge in [0.1, 0.15) is 5.75 Å². The Hall–Kier alpha value is -0.980. The van der Waals surface area contributed by atoms with Crippen LogP contribution < -0.4 is 0 Å². The van der Waals surface area contributed by atoms with E-state index in [1.165, 1.54) is 68.1 Å². The van der Waals surface area contributed by atoms with Crippen molar-refractivity contribution in [1.82, 2.24) is 0 Å². The molecule has 118 valence electrons. The van der Waals surface area contributed by atoms with Crippen LogP contribution in [-0.4, -0.2) is 5.11 Å². The van der Waals surface area contributed by atoms with E-state index >= 15 is 0 Å². The van der Waals surface area contributed by atoms with Crippen LogP contribution in [-0.2, 0) is 0 Å². The normalized spacial score (nSPS) is 42.4. The van der Waals surface area contributed by atoms with Gasteiger partial charge in [-0.05, 0) is 92.1 Å². The highest BCUT2D eigenvalue weighted by Gasteiger charge is 2.44. The average molecular weight is 296 g/mol. The first-order valence-corrected chi connectivity index (χ1v) is 9.52. The van der Waals surface area contributed by atoms with Gasteiger partial charge in [-0.3, -0.25) is 0 Å². The standard InChI is InChI=1S/C21H28O/c1-12-6-19(17-10-13-2-4-15(17)8-13)21(22)20(7-12)18-11-14-3-5-16(18)9-14/h6-7,13-18,22H,2-5,8-11H2,1H3/t13-,14-,15-,16-,17-,18-/m1/s1. The van der Waals surface area contributed by atoms with Gasteiger partial charge in [0, 0.05) is 0 Å². The summed E-state index contributed by atoms with van der Waals surface area (Å²) in [6, 6.07) is 4.61. The second kappa shape index (κ2) is 4.76. The van der Waals surface area contributed by atoms with Crippen LogP contribution in [0.15, 0.2) is 12.1 Å². The van der Waals surface area contributed by atoms with Gasteiger partial charge in [-0.25, -0.2) is 0 Å². The molecule has 1 aromatic rings. The first kappa shape index (κ1) is 13.5. The van der Waals surface area contributed by atoms with E-state index in [0.29, 0.717) is 17.6 Å². The third-order valence-corrected chi connectivity index (χ3v) is 7.59. The van der Waals surface area contributed by atoms with Crippen molar-refractivity contribution in [3.63, 3.8) is 0 Å². The highest BCUT2D eigenvalue weighted by Crippen LogP contribution is 2.58. The molecule has 0 aliphatic heterocycles. The maximum Gasteiger partial charge on any atom is 0.122 e. The first-order chi connectivity index (χ1) is 10.7. The summed E-state index contributed by atoms with van der Waals surface area (Å²) in [6.45, 7) is 2.23. The topological polar surface area (TPSA) is 20.2 Å². The Balaban J connectivity index is 1.53. The Bertz CT molecular complexity index is 555. The van der Waals surface area contributed by atoms with Crippen LogP contribution in [0, 0.1) is 30.6 Å². The van der Waals surface area contributed by atoms with Crippen molar-refractivity contribution in [3.05, 3.63) is 28.8 Å². The van der Waals surface area contributed by atoms with Gasteiger partial charge >= 0.3 is 0 Å². The Morgan fingerprint density at radius 3 is 1.64 bits per heavy atom. The molecule has 4 fully saturated rings. The van der Waals surface area contributed by atoms with Gasteiger partial charge in [0.25, 0.3) is 0 Å². The molecule has 1 heteroatoms. The van der Waals surface area contributed by atoms with Crippen molar-refractivity contribution in [3.8, 4) is 5.75 Å². The number of aromatic hydroxyl groups is 1. The molecule has 4 saturated carbocycles. The largest absolute Gasteiger partial charge is 0.507 e. The number of hydrogen-bond acceptors (Lipinski definition) is 1. The van der Waals surface area contributed by atoms with Crippen molar-refractivity contribution < 1.29 is 5.11 Å². The number of benzene rings is 1. The summed E-state index contributed by atoms with van der Waals surface area (Å²) < 4.78 is 0. The lowest BCUT2D eigenvalue weighted by Gasteiger charge is -2.28. The van der Waals surface area contributed by atoms with Crippen molar-refractivity contribution in [2.24, 2.45) is 23.7 Å². The van der Waals surface area contributed by atoms with Gasteiger partial charge in [-0.15, -0.1) is 0 Å². The predicted octanol–water partition coefficient (Wildman–Crippen LogP) is 5.51. The van der Waals surface area contributed by atoms with Crippen LogP contribution in [0.5, 0.6) is 5.75 Å². The smallest absolute Gasteiger partial charge is 0.122 e. The van der Waals surface area contributed by atoms with Crippen molar-refractivity contribution in [1.29, 1.82) is 0 Å². The molecule has 4 bridgehead atoms. The Kier molecular flexibility index (Phi) is 2.91. The fraction of sp³-hybridized carbons (Fsp3) is 0.714. The van der Waals surface area contributed by atoms with Gasteiger partial charge in [-0.1, -0.05) is 30.5 Å². The first-order valence-electron chi connectivity index (χ1n) is 9.52. The molecular weight excluding hydrogens is 268 g/mol. The van der Waals surface area contributed by atoms with Crippen LogP contribution in [0.3, 0.4) is 0 Å².